The van der Waals surface area contributed by atoms with Gasteiger partial charge in [-0.3, -0.25) is 9.59 Å². The number of nitrogens with one attached hydrogen (secondary N) is 1. The van der Waals surface area contributed by atoms with Crippen LogP contribution < -0.4 is 10.2 Å². The second kappa shape index (κ2) is 7.11. The number of carbonyl (C=O) groups excluding carboxylic acids is 2. The Morgan fingerprint density at radius 3 is 2.55 bits per heavy atom. The molecule has 0 spiro atoms. The standard InChI is InChI=1S/C16H21N3O2.ClH/c1-18(15(20)12-10-17-11-12)14-8-5-9-19(16(14)21)13-6-3-2-4-7-13;/h2-4,6-7,12,14,17H,5,8-11H2,1H3;1H. The van der Waals surface area contributed by atoms with E-state index >= 15 is 0 Å². The summed E-state index contributed by atoms with van der Waals surface area (Å²) in [4.78, 5) is 28.5. The number of likely N-dealkylation sites (N-methyl/N-ethyl adjacent to an activating group) is 1. The highest BCUT2D eigenvalue weighted by Gasteiger charge is 2.37. The number of hydrogen-bond acceptors (Lipinski definition) is 3. The lowest BCUT2D eigenvalue weighted by molar-refractivity contribution is -0.143. The van der Waals surface area contributed by atoms with Gasteiger partial charge in [-0.2, -0.15) is 0 Å². The molecule has 1 aromatic rings. The quantitative estimate of drug-likeness (QED) is 0.911. The van der Waals surface area contributed by atoms with Gasteiger partial charge in [-0.15, -0.1) is 12.4 Å². The molecule has 1 N–H and O–H groups in total. The number of rotatable bonds is 3. The van der Waals surface area contributed by atoms with E-state index in [-0.39, 0.29) is 36.2 Å². The van der Waals surface area contributed by atoms with Crippen LogP contribution in [0.4, 0.5) is 5.69 Å². The summed E-state index contributed by atoms with van der Waals surface area (Å²) in [5, 5.41) is 3.10. The normalized spacial score (nSPS) is 21.8. The van der Waals surface area contributed by atoms with Crippen molar-refractivity contribution in [2.45, 2.75) is 18.9 Å². The second-order valence-corrected chi connectivity index (χ2v) is 5.79. The molecule has 2 amide bonds. The molecule has 2 saturated heterocycles. The molecular weight excluding hydrogens is 302 g/mol. The number of carbonyl (C=O) groups is 2. The highest BCUT2D eigenvalue weighted by molar-refractivity contribution is 6.00. The Morgan fingerprint density at radius 1 is 1.27 bits per heavy atom. The number of nitrogens with zero attached hydrogens (tertiary/aromatic N) is 2. The summed E-state index contributed by atoms with van der Waals surface area (Å²) in [6, 6.07) is 9.36. The van der Waals surface area contributed by atoms with Gasteiger partial charge in [0.25, 0.3) is 0 Å². The van der Waals surface area contributed by atoms with Crippen LogP contribution in [0.3, 0.4) is 0 Å². The molecule has 2 heterocycles. The zero-order valence-corrected chi connectivity index (χ0v) is 13.5. The van der Waals surface area contributed by atoms with Crippen molar-refractivity contribution in [2.75, 3.05) is 31.6 Å². The number of piperidine rings is 1. The maximum absolute atomic E-state index is 12.7. The first-order valence-electron chi connectivity index (χ1n) is 7.52. The lowest BCUT2D eigenvalue weighted by Crippen LogP contribution is -2.58. The van der Waals surface area contributed by atoms with Crippen LogP contribution in [0.15, 0.2) is 30.3 Å². The molecule has 3 rings (SSSR count). The highest BCUT2D eigenvalue weighted by atomic mass is 35.5. The molecule has 1 unspecified atom stereocenters. The fourth-order valence-corrected chi connectivity index (χ4v) is 2.98. The first-order valence-corrected chi connectivity index (χ1v) is 7.52. The van der Waals surface area contributed by atoms with Gasteiger partial charge < -0.3 is 15.1 Å². The van der Waals surface area contributed by atoms with E-state index in [9.17, 15) is 9.59 Å². The van der Waals surface area contributed by atoms with E-state index in [0.717, 1.165) is 38.2 Å². The number of para-hydroxylation sites is 1. The van der Waals surface area contributed by atoms with Gasteiger partial charge in [0.15, 0.2) is 0 Å². The monoisotopic (exact) mass is 323 g/mol. The van der Waals surface area contributed by atoms with Crippen molar-refractivity contribution < 1.29 is 9.59 Å². The first-order chi connectivity index (χ1) is 10.2. The molecular formula is C16H22ClN3O2. The minimum absolute atomic E-state index is 0. The Labute approximate surface area is 137 Å². The van der Waals surface area contributed by atoms with E-state index in [4.69, 9.17) is 0 Å². The third-order valence-electron chi connectivity index (χ3n) is 4.42. The van der Waals surface area contributed by atoms with Gasteiger partial charge >= 0.3 is 0 Å². The summed E-state index contributed by atoms with van der Waals surface area (Å²) in [5.74, 6) is 0.160. The van der Waals surface area contributed by atoms with Crippen molar-refractivity contribution in [1.29, 1.82) is 0 Å². The van der Waals surface area contributed by atoms with Crippen LogP contribution in [0.2, 0.25) is 0 Å². The number of amides is 2. The van der Waals surface area contributed by atoms with Crippen LogP contribution in [0, 0.1) is 5.92 Å². The van der Waals surface area contributed by atoms with Gasteiger partial charge in [0.2, 0.25) is 11.8 Å². The number of hydrogen-bond donors (Lipinski definition) is 1. The third-order valence-corrected chi connectivity index (χ3v) is 4.42. The lowest BCUT2D eigenvalue weighted by Gasteiger charge is -2.39. The van der Waals surface area contributed by atoms with E-state index in [2.05, 4.69) is 5.32 Å². The molecule has 2 fully saturated rings. The van der Waals surface area contributed by atoms with Crippen molar-refractivity contribution in [3.05, 3.63) is 30.3 Å². The Balaban J connectivity index is 0.00000176. The molecule has 0 bridgehead atoms. The minimum Gasteiger partial charge on any atom is -0.333 e. The van der Waals surface area contributed by atoms with Crippen molar-refractivity contribution in [2.24, 2.45) is 5.92 Å². The van der Waals surface area contributed by atoms with E-state index in [1.54, 1.807) is 16.8 Å². The predicted molar refractivity (Wildman–Crippen MR) is 88.2 cm³/mol. The molecule has 22 heavy (non-hydrogen) atoms. The van der Waals surface area contributed by atoms with Crippen LogP contribution >= 0.6 is 12.4 Å². The minimum atomic E-state index is -0.327. The SMILES string of the molecule is CN(C(=O)C1CNC1)C1CCCN(c2ccccc2)C1=O.Cl. The summed E-state index contributed by atoms with van der Waals surface area (Å²) in [7, 11) is 1.76. The Morgan fingerprint density at radius 2 is 1.95 bits per heavy atom. The van der Waals surface area contributed by atoms with Crippen molar-refractivity contribution in [1.82, 2.24) is 10.2 Å². The maximum atomic E-state index is 12.7. The Hall–Kier alpha value is -1.59. The summed E-state index contributed by atoms with van der Waals surface area (Å²) < 4.78 is 0. The number of benzene rings is 1. The molecule has 0 radical (unpaired) electrons. The fraction of sp³-hybridized carbons (Fsp3) is 0.500. The summed E-state index contributed by atoms with van der Waals surface area (Å²) in [6.07, 6.45) is 1.68. The van der Waals surface area contributed by atoms with Crippen LogP contribution in [-0.2, 0) is 9.59 Å². The van der Waals surface area contributed by atoms with Crippen LogP contribution in [0.25, 0.3) is 0 Å². The summed E-state index contributed by atoms with van der Waals surface area (Å²) >= 11 is 0. The van der Waals surface area contributed by atoms with E-state index in [1.807, 2.05) is 30.3 Å². The molecule has 2 aliphatic heterocycles. The van der Waals surface area contributed by atoms with E-state index < -0.39 is 0 Å². The van der Waals surface area contributed by atoms with Crippen LogP contribution in [0.1, 0.15) is 12.8 Å². The van der Waals surface area contributed by atoms with Crippen molar-refractivity contribution in [3.8, 4) is 0 Å². The first kappa shape index (κ1) is 16.8. The summed E-state index contributed by atoms with van der Waals surface area (Å²) in [6.45, 7) is 2.19. The molecule has 1 atom stereocenters. The molecule has 1 aromatic carbocycles. The molecule has 6 heteroatoms. The van der Waals surface area contributed by atoms with Crippen molar-refractivity contribution in [3.63, 3.8) is 0 Å². The molecule has 120 valence electrons. The molecule has 0 saturated carbocycles. The third kappa shape index (κ3) is 3.10. The molecule has 5 nitrogen and oxygen atoms in total. The second-order valence-electron chi connectivity index (χ2n) is 5.79. The zero-order chi connectivity index (χ0) is 14.8. The topological polar surface area (TPSA) is 52.7 Å². The van der Waals surface area contributed by atoms with E-state index in [1.165, 1.54) is 0 Å². The lowest BCUT2D eigenvalue weighted by atomic mass is 9.97. The van der Waals surface area contributed by atoms with Gasteiger partial charge in [-0.25, -0.2) is 0 Å². The van der Waals surface area contributed by atoms with Gasteiger partial charge in [0, 0.05) is 32.4 Å². The Kier molecular flexibility index (Phi) is 5.42. The number of anilines is 1. The van der Waals surface area contributed by atoms with Crippen molar-refractivity contribution >= 4 is 29.9 Å². The zero-order valence-electron chi connectivity index (χ0n) is 12.7. The van der Waals surface area contributed by atoms with Gasteiger partial charge in [-0.05, 0) is 25.0 Å². The largest absolute Gasteiger partial charge is 0.333 e. The smallest absolute Gasteiger partial charge is 0.249 e. The van der Waals surface area contributed by atoms with Crippen LogP contribution in [-0.4, -0.2) is 49.4 Å². The Bertz CT molecular complexity index is 533. The average Bonchev–Trinajstić information content (AvgIpc) is 2.46. The van der Waals surface area contributed by atoms with Gasteiger partial charge in [0.05, 0.1) is 5.92 Å². The fourth-order valence-electron chi connectivity index (χ4n) is 2.98. The van der Waals surface area contributed by atoms with Gasteiger partial charge in [0.1, 0.15) is 6.04 Å². The van der Waals surface area contributed by atoms with Gasteiger partial charge in [-0.1, -0.05) is 18.2 Å². The van der Waals surface area contributed by atoms with Crippen LogP contribution in [0.5, 0.6) is 0 Å². The average molecular weight is 324 g/mol. The molecule has 0 aromatic heterocycles. The van der Waals surface area contributed by atoms with E-state index in [0.29, 0.717) is 0 Å². The maximum Gasteiger partial charge on any atom is 0.249 e. The summed E-state index contributed by atoms with van der Waals surface area (Å²) in [5.41, 5.74) is 0.915. The highest BCUT2D eigenvalue weighted by Crippen LogP contribution is 2.24. The molecule has 2 aliphatic rings. The molecule has 0 aliphatic carbocycles. The number of halogens is 1. The predicted octanol–water partition coefficient (Wildman–Crippen LogP) is 1.28.